The van der Waals surface area contributed by atoms with Gasteiger partial charge >= 0.3 is 0 Å². The predicted molar refractivity (Wildman–Crippen MR) is 132 cm³/mol. The molecule has 0 N–H and O–H groups in total. The summed E-state index contributed by atoms with van der Waals surface area (Å²) in [6.07, 6.45) is 1.85. The van der Waals surface area contributed by atoms with Crippen molar-refractivity contribution in [1.82, 2.24) is 0 Å². The zero-order valence-electron chi connectivity index (χ0n) is 19.0. The predicted octanol–water partition coefficient (Wildman–Crippen LogP) is 8.27. The van der Waals surface area contributed by atoms with E-state index in [4.69, 9.17) is 9.16 Å². The van der Waals surface area contributed by atoms with Crippen molar-refractivity contribution in [3.8, 4) is 11.5 Å². The second-order valence-electron chi connectivity index (χ2n) is 9.24. The molecule has 2 nitrogen and oxygen atoms in total. The molecule has 0 unspecified atom stereocenters. The fraction of sp³-hybridized carbons (Fsp3) is 0.440. The van der Waals surface area contributed by atoms with E-state index < -0.39 is 8.32 Å². The van der Waals surface area contributed by atoms with Crippen LogP contribution in [0.4, 0.5) is 0 Å². The second kappa shape index (κ2) is 7.96. The van der Waals surface area contributed by atoms with Crippen LogP contribution in [0.2, 0.25) is 18.1 Å². The number of benzene rings is 3. The summed E-state index contributed by atoms with van der Waals surface area (Å²) in [7, 11) is -0.237. The van der Waals surface area contributed by atoms with E-state index in [0.29, 0.717) is 0 Å². The van der Waals surface area contributed by atoms with Gasteiger partial charge in [0, 0.05) is 20.8 Å². The van der Waals surface area contributed by atoms with Crippen LogP contribution in [0.5, 0.6) is 11.5 Å². The Hall–Kier alpha value is -1.52. The number of halogens is 1. The van der Waals surface area contributed by atoms with Crippen molar-refractivity contribution in [2.24, 2.45) is 0 Å². The first-order valence-corrected chi connectivity index (χ1v) is 14.2. The minimum Gasteiger partial charge on any atom is -0.543 e. The average Bonchev–Trinajstić information content (AvgIpc) is 2.65. The summed E-state index contributed by atoms with van der Waals surface area (Å²) in [5.74, 6) is 2.06. The first-order chi connectivity index (χ1) is 13.6. The van der Waals surface area contributed by atoms with Crippen LogP contribution in [0.1, 0.15) is 45.7 Å². The van der Waals surface area contributed by atoms with Crippen LogP contribution >= 0.6 is 15.9 Å². The van der Waals surface area contributed by atoms with Gasteiger partial charge in [-0.3, -0.25) is 0 Å². The Bertz CT molecular complexity index is 1060. The second-order valence-corrected chi connectivity index (χ2v) is 14.9. The normalized spacial score (nSPS) is 12.6. The lowest BCUT2D eigenvalue weighted by atomic mass is 9.92. The molecule has 0 aliphatic heterocycles. The Morgan fingerprint density at radius 1 is 0.897 bits per heavy atom. The zero-order chi connectivity index (χ0) is 21.6. The van der Waals surface area contributed by atoms with Crippen LogP contribution in [-0.2, 0) is 12.8 Å². The van der Waals surface area contributed by atoms with Gasteiger partial charge in [-0.25, -0.2) is 0 Å². The van der Waals surface area contributed by atoms with Crippen LogP contribution < -0.4 is 9.16 Å². The minimum atomic E-state index is -2.02. The summed E-state index contributed by atoms with van der Waals surface area (Å²) in [5.41, 5.74) is 2.56. The Morgan fingerprint density at radius 2 is 1.48 bits per heavy atom. The number of methoxy groups -OCH3 is 1. The summed E-state index contributed by atoms with van der Waals surface area (Å²) in [5, 5.41) is 4.88. The van der Waals surface area contributed by atoms with Gasteiger partial charge in [0.25, 0.3) is 8.32 Å². The van der Waals surface area contributed by atoms with Crippen molar-refractivity contribution in [2.75, 3.05) is 7.11 Å². The maximum atomic E-state index is 7.05. The average molecular weight is 474 g/mol. The molecule has 3 aromatic carbocycles. The molecule has 0 atom stereocenters. The van der Waals surface area contributed by atoms with Gasteiger partial charge in [-0.1, -0.05) is 62.7 Å². The monoisotopic (exact) mass is 472 g/mol. The van der Waals surface area contributed by atoms with E-state index in [1.807, 2.05) is 0 Å². The van der Waals surface area contributed by atoms with Crippen LogP contribution in [0.3, 0.4) is 0 Å². The summed E-state index contributed by atoms with van der Waals surface area (Å²) >= 11 is 3.62. The van der Waals surface area contributed by atoms with Gasteiger partial charge < -0.3 is 9.16 Å². The van der Waals surface area contributed by atoms with Crippen molar-refractivity contribution >= 4 is 45.8 Å². The third-order valence-corrected chi connectivity index (χ3v) is 11.3. The lowest BCUT2D eigenvalue weighted by Gasteiger charge is -2.38. The topological polar surface area (TPSA) is 18.5 Å². The summed E-state index contributed by atoms with van der Waals surface area (Å²) in [6, 6.07) is 10.9. The van der Waals surface area contributed by atoms with Crippen molar-refractivity contribution in [1.29, 1.82) is 0 Å². The maximum Gasteiger partial charge on any atom is 0.250 e. The molecule has 0 amide bonds. The highest BCUT2D eigenvalue weighted by atomic mass is 79.9. The lowest BCUT2D eigenvalue weighted by molar-refractivity contribution is 0.413. The SMILES string of the molecule is CCc1c(CC)c(O[Si](C)(C)C(C)(C)C)c2c(ccc3cc(Br)ccc32)c1OC. The zero-order valence-corrected chi connectivity index (χ0v) is 21.6. The number of hydrogen-bond donors (Lipinski definition) is 0. The molecule has 4 heteroatoms. The maximum absolute atomic E-state index is 7.05. The molecule has 3 rings (SSSR count). The molecule has 3 aromatic rings. The minimum absolute atomic E-state index is 0.129. The highest BCUT2D eigenvalue weighted by Gasteiger charge is 2.40. The van der Waals surface area contributed by atoms with Crippen LogP contribution in [0, 0.1) is 0 Å². The molecule has 0 aromatic heterocycles. The third-order valence-electron chi connectivity index (χ3n) is 6.44. The van der Waals surface area contributed by atoms with Gasteiger partial charge in [0.05, 0.1) is 7.11 Å². The van der Waals surface area contributed by atoms with Crippen molar-refractivity contribution in [2.45, 2.75) is 65.6 Å². The quantitative estimate of drug-likeness (QED) is 0.274. The number of fused-ring (bicyclic) bond motifs is 3. The Morgan fingerprint density at radius 3 is 2.03 bits per heavy atom. The van der Waals surface area contributed by atoms with E-state index in [2.05, 4.69) is 94.0 Å². The molecule has 0 fully saturated rings. The summed E-state index contributed by atoms with van der Waals surface area (Å²) < 4.78 is 14.1. The highest BCUT2D eigenvalue weighted by Crippen LogP contribution is 2.47. The van der Waals surface area contributed by atoms with Gasteiger partial charge in [0.2, 0.25) is 0 Å². The molecule has 0 radical (unpaired) electrons. The first-order valence-electron chi connectivity index (χ1n) is 10.5. The molecule has 0 saturated heterocycles. The lowest BCUT2D eigenvalue weighted by Crippen LogP contribution is -2.44. The smallest absolute Gasteiger partial charge is 0.250 e. The van der Waals surface area contributed by atoms with Gasteiger partial charge in [-0.05, 0) is 65.5 Å². The van der Waals surface area contributed by atoms with Crippen molar-refractivity contribution < 1.29 is 9.16 Å². The van der Waals surface area contributed by atoms with Gasteiger partial charge in [0.15, 0.2) is 0 Å². The first kappa shape index (κ1) is 22.2. The molecule has 29 heavy (non-hydrogen) atoms. The summed E-state index contributed by atoms with van der Waals surface area (Å²) in [4.78, 5) is 0. The molecule has 156 valence electrons. The molecule has 0 heterocycles. The fourth-order valence-corrected chi connectivity index (χ4v) is 5.24. The van der Waals surface area contributed by atoms with Gasteiger partial charge in [-0.15, -0.1) is 0 Å². The van der Waals surface area contributed by atoms with E-state index in [1.54, 1.807) is 7.11 Å². The van der Waals surface area contributed by atoms with E-state index in [1.165, 1.54) is 27.3 Å². The van der Waals surface area contributed by atoms with Gasteiger partial charge in [-0.2, -0.15) is 0 Å². The highest BCUT2D eigenvalue weighted by molar-refractivity contribution is 9.10. The van der Waals surface area contributed by atoms with E-state index in [-0.39, 0.29) is 5.04 Å². The van der Waals surface area contributed by atoms with E-state index in [9.17, 15) is 0 Å². The molecule has 0 saturated carbocycles. The molecular weight excluding hydrogens is 440 g/mol. The number of hydrogen-bond acceptors (Lipinski definition) is 2. The van der Waals surface area contributed by atoms with Crippen LogP contribution in [0.25, 0.3) is 21.5 Å². The molecule has 0 bridgehead atoms. The Labute approximate surface area is 184 Å². The standard InChI is InChI=1S/C25H33BrO2Si/c1-9-18-19(10-2)24(28-29(7,8)25(3,4)5)22-20-14-12-17(26)15-16(20)11-13-21(22)23(18)27-6/h11-15H,9-10H2,1-8H3. The van der Waals surface area contributed by atoms with Gasteiger partial charge in [0.1, 0.15) is 11.5 Å². The molecule has 0 spiro atoms. The number of ether oxygens (including phenoxy) is 1. The van der Waals surface area contributed by atoms with Crippen LogP contribution in [-0.4, -0.2) is 15.4 Å². The van der Waals surface area contributed by atoms with E-state index >= 15 is 0 Å². The van der Waals surface area contributed by atoms with Crippen LogP contribution in [0.15, 0.2) is 34.8 Å². The Balaban J connectivity index is 2.52. The van der Waals surface area contributed by atoms with Crippen molar-refractivity contribution in [3.63, 3.8) is 0 Å². The molecule has 0 aliphatic rings. The largest absolute Gasteiger partial charge is 0.543 e. The Kier molecular flexibility index (Phi) is 6.08. The van der Waals surface area contributed by atoms with E-state index in [0.717, 1.165) is 34.2 Å². The molecule has 0 aliphatic carbocycles. The van der Waals surface area contributed by atoms with Crippen molar-refractivity contribution in [3.05, 3.63) is 45.9 Å². The molecular formula is C25H33BrO2Si. The number of rotatable bonds is 5. The summed E-state index contributed by atoms with van der Waals surface area (Å²) in [6.45, 7) is 16.0. The third kappa shape index (κ3) is 3.82. The fourth-order valence-electron chi connectivity index (χ4n) is 3.82.